The van der Waals surface area contributed by atoms with Crippen LogP contribution in [0.5, 0.6) is 0 Å². The van der Waals surface area contributed by atoms with Gasteiger partial charge in [0, 0.05) is 30.6 Å². The van der Waals surface area contributed by atoms with Crippen LogP contribution in [0.25, 0.3) is 0 Å². The molecule has 0 aromatic heterocycles. The first-order valence-electron chi connectivity index (χ1n) is 11.6. The molecule has 1 aliphatic rings. The molecule has 0 unspecified atom stereocenters. The van der Waals surface area contributed by atoms with E-state index < -0.39 is 16.1 Å². The van der Waals surface area contributed by atoms with Crippen molar-refractivity contribution in [3.8, 4) is 0 Å². The normalized spacial score (nSPS) is 14.4. The molecule has 184 valence electrons. The highest BCUT2D eigenvalue weighted by atomic mass is 35.5. The summed E-state index contributed by atoms with van der Waals surface area (Å²) in [5.41, 5.74) is 1.74. The lowest BCUT2D eigenvalue weighted by Crippen LogP contribution is -2.47. The van der Waals surface area contributed by atoms with Crippen molar-refractivity contribution in [2.45, 2.75) is 69.5 Å². The zero-order valence-electron chi connectivity index (χ0n) is 19.6. The number of nitrogens with one attached hydrogen (secondary N) is 2. The molecule has 2 amide bonds. The van der Waals surface area contributed by atoms with E-state index in [0.29, 0.717) is 24.5 Å². The van der Waals surface area contributed by atoms with Gasteiger partial charge in [0.05, 0.1) is 4.90 Å². The Morgan fingerprint density at radius 2 is 1.68 bits per heavy atom. The number of sulfonamides is 1. The second kappa shape index (κ2) is 11.8. The zero-order chi connectivity index (χ0) is 24.7. The molecule has 1 saturated carbocycles. The zero-order valence-corrected chi connectivity index (χ0v) is 21.2. The number of hydrogen-bond donors (Lipinski definition) is 2. The van der Waals surface area contributed by atoms with E-state index >= 15 is 0 Å². The molecule has 0 heterocycles. The van der Waals surface area contributed by atoms with Crippen LogP contribution in [-0.2, 0) is 32.6 Å². The third-order valence-corrected chi connectivity index (χ3v) is 7.53. The fourth-order valence-electron chi connectivity index (χ4n) is 3.48. The van der Waals surface area contributed by atoms with Crippen molar-refractivity contribution >= 4 is 33.4 Å². The minimum Gasteiger partial charge on any atom is -0.354 e. The maximum Gasteiger partial charge on any atom is 0.242 e. The average Bonchev–Trinajstić information content (AvgIpc) is 3.63. The predicted octanol–water partition coefficient (Wildman–Crippen LogP) is 3.66. The van der Waals surface area contributed by atoms with Crippen LogP contribution in [0.4, 0.5) is 0 Å². The second-order valence-electron chi connectivity index (χ2n) is 8.65. The molecule has 0 bridgehead atoms. The van der Waals surface area contributed by atoms with Crippen LogP contribution in [0.2, 0.25) is 5.02 Å². The standard InChI is InChI=1S/C25H32ClN3O4S/c1-3-16-27-25(31)18(2)29(17-20-4-9-21(26)10-5-20)24(30)15-8-19-6-13-23(14-7-19)34(32,33)28-22-11-12-22/h4-7,9-10,13-14,18,22,28H,3,8,11-12,15-17H2,1-2H3,(H,27,31)/t18-/m0/s1. The van der Waals surface area contributed by atoms with E-state index in [2.05, 4.69) is 10.0 Å². The molecular formula is C25H32ClN3O4S. The van der Waals surface area contributed by atoms with Gasteiger partial charge >= 0.3 is 0 Å². The van der Waals surface area contributed by atoms with Gasteiger partial charge in [-0.25, -0.2) is 13.1 Å². The van der Waals surface area contributed by atoms with Gasteiger partial charge in [0.15, 0.2) is 0 Å². The Hall–Kier alpha value is -2.42. The number of carbonyl (C=O) groups excluding carboxylic acids is 2. The van der Waals surface area contributed by atoms with Gasteiger partial charge in [-0.3, -0.25) is 9.59 Å². The quantitative estimate of drug-likeness (QED) is 0.460. The van der Waals surface area contributed by atoms with Crippen molar-refractivity contribution < 1.29 is 18.0 Å². The van der Waals surface area contributed by atoms with Crippen molar-refractivity contribution in [3.05, 3.63) is 64.7 Å². The summed E-state index contributed by atoms with van der Waals surface area (Å²) >= 11 is 5.98. The minimum atomic E-state index is -3.50. The molecule has 0 radical (unpaired) electrons. The summed E-state index contributed by atoms with van der Waals surface area (Å²) in [7, 11) is -3.50. The monoisotopic (exact) mass is 505 g/mol. The molecule has 0 aliphatic heterocycles. The van der Waals surface area contributed by atoms with Crippen LogP contribution < -0.4 is 10.0 Å². The number of aryl methyl sites for hydroxylation is 1. The largest absolute Gasteiger partial charge is 0.354 e. The molecule has 2 N–H and O–H groups in total. The molecule has 9 heteroatoms. The van der Waals surface area contributed by atoms with Crippen LogP contribution in [0, 0.1) is 0 Å². The third kappa shape index (κ3) is 7.55. The Morgan fingerprint density at radius 3 is 2.26 bits per heavy atom. The van der Waals surface area contributed by atoms with Gasteiger partial charge in [-0.2, -0.15) is 0 Å². The van der Waals surface area contributed by atoms with E-state index in [1.165, 1.54) is 0 Å². The minimum absolute atomic E-state index is 0.0467. The Labute approximate surface area is 206 Å². The molecule has 1 aliphatic carbocycles. The average molecular weight is 506 g/mol. The topological polar surface area (TPSA) is 95.6 Å². The fourth-order valence-corrected chi connectivity index (χ4v) is 4.91. The van der Waals surface area contributed by atoms with Crippen LogP contribution in [0.1, 0.15) is 50.7 Å². The Kier molecular flexibility index (Phi) is 9.10. The summed E-state index contributed by atoms with van der Waals surface area (Å²) in [4.78, 5) is 27.6. The van der Waals surface area contributed by atoms with Gasteiger partial charge in [0.1, 0.15) is 6.04 Å². The van der Waals surface area contributed by atoms with E-state index in [9.17, 15) is 18.0 Å². The number of benzene rings is 2. The van der Waals surface area contributed by atoms with E-state index in [4.69, 9.17) is 11.6 Å². The summed E-state index contributed by atoms with van der Waals surface area (Å²) in [6, 6.07) is 13.2. The number of carbonyl (C=O) groups is 2. The molecule has 1 atom stereocenters. The predicted molar refractivity (Wildman–Crippen MR) is 133 cm³/mol. The Morgan fingerprint density at radius 1 is 1.06 bits per heavy atom. The number of rotatable bonds is 12. The lowest BCUT2D eigenvalue weighted by atomic mass is 10.1. The number of amides is 2. The molecule has 0 spiro atoms. The van der Waals surface area contributed by atoms with Crippen molar-refractivity contribution in [3.63, 3.8) is 0 Å². The lowest BCUT2D eigenvalue weighted by molar-refractivity contribution is -0.140. The summed E-state index contributed by atoms with van der Waals surface area (Å²) in [6.45, 7) is 4.54. The van der Waals surface area contributed by atoms with Crippen LogP contribution in [-0.4, -0.2) is 43.8 Å². The smallest absolute Gasteiger partial charge is 0.242 e. The third-order valence-electron chi connectivity index (χ3n) is 5.74. The maximum atomic E-state index is 13.2. The number of hydrogen-bond acceptors (Lipinski definition) is 4. The molecule has 7 nitrogen and oxygen atoms in total. The highest BCUT2D eigenvalue weighted by molar-refractivity contribution is 7.89. The highest BCUT2D eigenvalue weighted by Gasteiger charge is 2.28. The molecule has 2 aromatic rings. The second-order valence-corrected chi connectivity index (χ2v) is 10.8. The molecule has 34 heavy (non-hydrogen) atoms. The van der Waals surface area contributed by atoms with Gasteiger partial charge in [-0.1, -0.05) is 42.8 Å². The van der Waals surface area contributed by atoms with Crippen LogP contribution in [0.15, 0.2) is 53.4 Å². The van der Waals surface area contributed by atoms with Gasteiger partial charge in [0.2, 0.25) is 21.8 Å². The molecule has 0 saturated heterocycles. The molecular weight excluding hydrogens is 474 g/mol. The Balaban J connectivity index is 1.66. The van der Waals surface area contributed by atoms with Gasteiger partial charge in [0.25, 0.3) is 0 Å². The van der Waals surface area contributed by atoms with Crippen molar-refractivity contribution in [2.24, 2.45) is 0 Å². The SMILES string of the molecule is CCCNC(=O)[C@H](C)N(Cc1ccc(Cl)cc1)C(=O)CCc1ccc(S(=O)(=O)NC2CC2)cc1. The van der Waals surface area contributed by atoms with Gasteiger partial charge < -0.3 is 10.2 Å². The summed E-state index contributed by atoms with van der Waals surface area (Å²) in [5, 5.41) is 3.46. The summed E-state index contributed by atoms with van der Waals surface area (Å²) in [5.74, 6) is -0.344. The van der Waals surface area contributed by atoms with Gasteiger partial charge in [-0.05, 0) is 68.0 Å². The maximum absolute atomic E-state index is 13.2. The van der Waals surface area contributed by atoms with Crippen molar-refractivity contribution in [2.75, 3.05) is 6.54 Å². The van der Waals surface area contributed by atoms with E-state index in [1.54, 1.807) is 48.2 Å². The van der Waals surface area contributed by atoms with Crippen molar-refractivity contribution in [1.29, 1.82) is 0 Å². The summed E-state index contributed by atoms with van der Waals surface area (Å²) < 4.78 is 27.3. The first-order chi connectivity index (χ1) is 16.2. The van der Waals surface area contributed by atoms with E-state index in [-0.39, 0.29) is 29.2 Å². The van der Waals surface area contributed by atoms with E-state index in [0.717, 1.165) is 30.4 Å². The summed E-state index contributed by atoms with van der Waals surface area (Å²) in [6.07, 6.45) is 3.20. The number of nitrogens with zero attached hydrogens (tertiary/aromatic N) is 1. The first kappa shape index (κ1) is 26.2. The van der Waals surface area contributed by atoms with Gasteiger partial charge in [-0.15, -0.1) is 0 Å². The first-order valence-corrected chi connectivity index (χ1v) is 13.5. The number of halogens is 1. The fraction of sp³-hybridized carbons (Fsp3) is 0.440. The molecule has 3 rings (SSSR count). The molecule has 1 fully saturated rings. The highest BCUT2D eigenvalue weighted by Crippen LogP contribution is 2.22. The van der Waals surface area contributed by atoms with E-state index in [1.807, 2.05) is 19.1 Å². The lowest BCUT2D eigenvalue weighted by Gasteiger charge is -2.29. The van der Waals surface area contributed by atoms with Crippen LogP contribution >= 0.6 is 11.6 Å². The molecule has 2 aromatic carbocycles. The van der Waals surface area contributed by atoms with Crippen LogP contribution in [0.3, 0.4) is 0 Å². The Bertz CT molecular complexity index is 1080. The van der Waals surface area contributed by atoms with Crippen molar-refractivity contribution in [1.82, 2.24) is 14.9 Å².